The number of rotatable bonds is 6. The Hall–Kier alpha value is -3.68. The van der Waals surface area contributed by atoms with E-state index in [0.717, 1.165) is 22.3 Å². The summed E-state index contributed by atoms with van der Waals surface area (Å²) in [6.07, 6.45) is 0. The van der Waals surface area contributed by atoms with Crippen LogP contribution in [0.3, 0.4) is 0 Å². The summed E-state index contributed by atoms with van der Waals surface area (Å²) in [6, 6.07) is 15.3. The number of hydrogen-bond donors (Lipinski definition) is 0. The Labute approximate surface area is 167 Å². The largest absolute Gasteiger partial charge is 0.486 e. The number of carbonyl (C=O) groups excluding carboxylic acids is 1. The summed E-state index contributed by atoms with van der Waals surface area (Å²) in [4.78, 5) is 12.4. The number of fused-ring (bicyclic) bond motifs is 1. The number of esters is 1. The van der Waals surface area contributed by atoms with Crippen molar-refractivity contribution in [2.45, 2.75) is 20.5 Å². The topological polar surface area (TPSA) is 84.1 Å². The van der Waals surface area contributed by atoms with Crippen molar-refractivity contribution in [3.05, 3.63) is 65.6 Å². The maximum atomic E-state index is 12.4. The molecule has 2 aromatic heterocycles. The summed E-state index contributed by atoms with van der Waals surface area (Å²) in [5.74, 6) is 0.864. The minimum absolute atomic E-state index is 0.188. The zero-order valence-corrected chi connectivity index (χ0v) is 16.5. The minimum atomic E-state index is -0.333. The maximum absolute atomic E-state index is 12.4. The van der Waals surface area contributed by atoms with Crippen LogP contribution in [0.25, 0.3) is 16.6 Å². The first-order valence-corrected chi connectivity index (χ1v) is 9.31. The number of benzene rings is 2. The average Bonchev–Trinajstić information content (AvgIpc) is 3.30. The molecule has 0 saturated carbocycles. The van der Waals surface area contributed by atoms with E-state index in [1.165, 1.54) is 0 Å². The number of para-hydroxylation sites is 1. The van der Waals surface area contributed by atoms with E-state index in [-0.39, 0.29) is 12.6 Å². The van der Waals surface area contributed by atoms with Crippen LogP contribution in [0, 0.1) is 6.92 Å². The number of ether oxygens (including phenoxy) is 2. The van der Waals surface area contributed by atoms with Gasteiger partial charge in [0.2, 0.25) is 0 Å². The Morgan fingerprint density at radius 2 is 1.93 bits per heavy atom. The first-order chi connectivity index (χ1) is 14.1. The van der Waals surface area contributed by atoms with Crippen molar-refractivity contribution in [1.82, 2.24) is 24.8 Å². The summed E-state index contributed by atoms with van der Waals surface area (Å²) >= 11 is 0. The summed E-state index contributed by atoms with van der Waals surface area (Å²) in [6.45, 7) is 4.21. The number of carbonyl (C=O) groups is 1. The number of aromatic nitrogens is 5. The lowest BCUT2D eigenvalue weighted by atomic mass is 10.1. The van der Waals surface area contributed by atoms with Gasteiger partial charge in [0.15, 0.2) is 5.82 Å². The summed E-state index contributed by atoms with van der Waals surface area (Å²) in [5.41, 5.74) is 3.20. The Kier molecular flexibility index (Phi) is 4.99. The molecule has 8 nitrogen and oxygen atoms in total. The van der Waals surface area contributed by atoms with E-state index in [4.69, 9.17) is 9.47 Å². The number of tetrazole rings is 1. The molecule has 0 amide bonds. The molecule has 0 aliphatic rings. The fourth-order valence-corrected chi connectivity index (χ4v) is 3.32. The van der Waals surface area contributed by atoms with Gasteiger partial charge < -0.3 is 14.0 Å². The monoisotopic (exact) mass is 391 g/mol. The molecular weight excluding hydrogens is 370 g/mol. The van der Waals surface area contributed by atoms with Crippen LogP contribution in [0.1, 0.15) is 28.8 Å². The molecule has 4 aromatic rings. The smallest absolute Gasteiger partial charge is 0.340 e. The fraction of sp³-hybridized carbons (Fsp3) is 0.238. The molecule has 2 aromatic carbocycles. The Balaban J connectivity index is 1.63. The number of nitrogens with zero attached hydrogens (tertiary/aromatic N) is 5. The van der Waals surface area contributed by atoms with Gasteiger partial charge in [-0.1, -0.05) is 18.2 Å². The second-order valence-electron chi connectivity index (χ2n) is 6.55. The predicted octanol–water partition coefficient (Wildman–Crippen LogP) is 3.22. The van der Waals surface area contributed by atoms with Gasteiger partial charge in [-0.2, -0.15) is 4.68 Å². The third-order valence-corrected chi connectivity index (χ3v) is 4.85. The highest BCUT2D eigenvalue weighted by Crippen LogP contribution is 2.29. The Morgan fingerprint density at radius 3 is 2.69 bits per heavy atom. The van der Waals surface area contributed by atoms with Crippen LogP contribution in [0.15, 0.2) is 48.5 Å². The normalized spacial score (nSPS) is 11.0. The van der Waals surface area contributed by atoms with Crippen molar-refractivity contribution < 1.29 is 14.3 Å². The molecule has 0 atom stereocenters. The van der Waals surface area contributed by atoms with E-state index in [9.17, 15) is 4.79 Å². The SMILES string of the molecule is CCOC(=O)c1c(C)n(C)c2ccc(OCc3nnnn3-c3ccccc3)cc12. The van der Waals surface area contributed by atoms with Crippen molar-refractivity contribution >= 4 is 16.9 Å². The van der Waals surface area contributed by atoms with E-state index in [1.54, 1.807) is 11.6 Å². The molecule has 0 spiro atoms. The molecule has 0 bridgehead atoms. The first-order valence-electron chi connectivity index (χ1n) is 9.31. The van der Waals surface area contributed by atoms with Crippen LogP contribution < -0.4 is 4.74 Å². The summed E-state index contributed by atoms with van der Waals surface area (Å²) in [7, 11) is 1.93. The van der Waals surface area contributed by atoms with Gasteiger partial charge in [0.05, 0.1) is 17.9 Å². The molecule has 8 heteroatoms. The average molecular weight is 391 g/mol. The summed E-state index contributed by atoms with van der Waals surface area (Å²) in [5, 5.41) is 12.6. The number of aryl methyl sites for hydroxylation is 1. The van der Waals surface area contributed by atoms with Gasteiger partial charge in [-0.3, -0.25) is 0 Å². The van der Waals surface area contributed by atoms with Gasteiger partial charge in [0.1, 0.15) is 12.4 Å². The summed E-state index contributed by atoms with van der Waals surface area (Å²) < 4.78 is 14.8. The zero-order valence-electron chi connectivity index (χ0n) is 16.5. The molecule has 0 N–H and O–H groups in total. The molecular formula is C21H21N5O3. The third kappa shape index (κ3) is 3.44. The van der Waals surface area contributed by atoms with Crippen molar-refractivity contribution in [2.75, 3.05) is 6.61 Å². The van der Waals surface area contributed by atoms with Crippen molar-refractivity contribution in [2.24, 2.45) is 7.05 Å². The van der Waals surface area contributed by atoms with Crippen molar-refractivity contribution in [3.63, 3.8) is 0 Å². The zero-order chi connectivity index (χ0) is 20.4. The molecule has 0 radical (unpaired) electrons. The molecule has 2 heterocycles. The van der Waals surface area contributed by atoms with Gasteiger partial charge >= 0.3 is 5.97 Å². The van der Waals surface area contributed by atoms with Crippen LogP contribution in [0.4, 0.5) is 0 Å². The molecule has 0 unspecified atom stereocenters. The first kappa shape index (κ1) is 18.7. The predicted molar refractivity (Wildman–Crippen MR) is 107 cm³/mol. The van der Waals surface area contributed by atoms with Crippen LogP contribution in [0.2, 0.25) is 0 Å². The lowest BCUT2D eigenvalue weighted by Gasteiger charge is -2.08. The minimum Gasteiger partial charge on any atom is -0.486 e. The van der Waals surface area contributed by atoms with E-state index in [0.29, 0.717) is 23.7 Å². The van der Waals surface area contributed by atoms with Crippen LogP contribution >= 0.6 is 0 Å². The van der Waals surface area contributed by atoms with Crippen LogP contribution in [-0.4, -0.2) is 37.4 Å². The molecule has 0 aliphatic heterocycles. The lowest BCUT2D eigenvalue weighted by molar-refractivity contribution is 0.0527. The second kappa shape index (κ2) is 7.75. The van der Waals surface area contributed by atoms with Gasteiger partial charge in [0, 0.05) is 23.6 Å². The molecule has 29 heavy (non-hydrogen) atoms. The highest BCUT2D eigenvalue weighted by atomic mass is 16.5. The third-order valence-electron chi connectivity index (χ3n) is 4.85. The fourth-order valence-electron chi connectivity index (χ4n) is 3.32. The van der Waals surface area contributed by atoms with E-state index < -0.39 is 0 Å². The van der Waals surface area contributed by atoms with Crippen LogP contribution in [-0.2, 0) is 18.4 Å². The highest BCUT2D eigenvalue weighted by Gasteiger charge is 2.20. The van der Waals surface area contributed by atoms with Gasteiger partial charge in [0.25, 0.3) is 0 Å². The molecule has 0 fully saturated rings. The van der Waals surface area contributed by atoms with Gasteiger partial charge in [-0.25, -0.2) is 4.79 Å². The molecule has 4 rings (SSSR count). The lowest BCUT2D eigenvalue weighted by Crippen LogP contribution is -2.07. The second-order valence-corrected chi connectivity index (χ2v) is 6.55. The molecule has 0 aliphatic carbocycles. The maximum Gasteiger partial charge on any atom is 0.340 e. The molecule has 0 saturated heterocycles. The van der Waals surface area contributed by atoms with Crippen LogP contribution in [0.5, 0.6) is 5.75 Å². The van der Waals surface area contributed by atoms with Gasteiger partial charge in [-0.05, 0) is 54.6 Å². The van der Waals surface area contributed by atoms with E-state index in [2.05, 4.69) is 15.5 Å². The highest BCUT2D eigenvalue weighted by molar-refractivity contribution is 6.06. The van der Waals surface area contributed by atoms with Crippen molar-refractivity contribution in [3.8, 4) is 11.4 Å². The quantitative estimate of drug-likeness (QED) is 0.469. The van der Waals surface area contributed by atoms with Gasteiger partial charge in [-0.15, -0.1) is 5.10 Å². The van der Waals surface area contributed by atoms with Crippen molar-refractivity contribution in [1.29, 1.82) is 0 Å². The van der Waals surface area contributed by atoms with E-state index in [1.807, 2.05) is 67.1 Å². The van der Waals surface area contributed by atoms with E-state index >= 15 is 0 Å². The standard InChI is InChI=1S/C21H21N5O3/c1-4-28-21(27)20-14(2)25(3)18-11-10-16(12-17(18)20)29-13-19-22-23-24-26(19)15-8-6-5-7-9-15/h5-12H,4,13H2,1-3H3. The molecule has 148 valence electrons. The number of hydrogen-bond acceptors (Lipinski definition) is 6. The Morgan fingerprint density at radius 1 is 1.14 bits per heavy atom. The Bertz CT molecular complexity index is 1160.